The van der Waals surface area contributed by atoms with Crippen molar-refractivity contribution in [1.82, 2.24) is 10.6 Å². The van der Waals surface area contributed by atoms with Gasteiger partial charge in [0.15, 0.2) is 0 Å². The Kier molecular flexibility index (Phi) is 7.39. The van der Waals surface area contributed by atoms with Gasteiger partial charge >= 0.3 is 12.2 Å². The number of nitrogens with zero attached hydrogens (tertiary/aromatic N) is 1. The van der Waals surface area contributed by atoms with Crippen LogP contribution in [0.5, 0.6) is 0 Å². The minimum absolute atomic E-state index is 0.0267. The van der Waals surface area contributed by atoms with Crippen LogP contribution in [0.2, 0.25) is 0 Å². The zero-order chi connectivity index (χ0) is 20.8. The molecule has 0 unspecified atom stereocenters. The third-order valence-corrected chi connectivity index (χ3v) is 3.28. The smallest absolute Gasteiger partial charge is 0.414 e. The van der Waals surface area contributed by atoms with E-state index in [2.05, 4.69) is 15.6 Å². The Morgan fingerprint density at radius 1 is 0.889 bits per heavy atom. The van der Waals surface area contributed by atoms with Crippen molar-refractivity contribution in [1.29, 1.82) is 0 Å². The lowest BCUT2D eigenvalue weighted by atomic mass is 10.0. The molecular formula is C20H31N3O4. The van der Waals surface area contributed by atoms with Gasteiger partial charge in [0, 0.05) is 0 Å². The summed E-state index contributed by atoms with van der Waals surface area (Å²) in [5.74, 6) is -0.0267. The highest BCUT2D eigenvalue weighted by molar-refractivity contribution is 6.01. The van der Waals surface area contributed by atoms with Gasteiger partial charge in [0.05, 0.1) is 6.54 Å². The van der Waals surface area contributed by atoms with Crippen LogP contribution in [0.4, 0.5) is 9.59 Å². The number of guanidine groups is 1. The molecule has 27 heavy (non-hydrogen) atoms. The van der Waals surface area contributed by atoms with E-state index in [1.165, 1.54) is 0 Å². The molecule has 0 spiro atoms. The maximum absolute atomic E-state index is 12.1. The fourth-order valence-corrected chi connectivity index (χ4v) is 2.17. The molecule has 0 bridgehead atoms. The summed E-state index contributed by atoms with van der Waals surface area (Å²) in [6.07, 6.45) is -1.42. The van der Waals surface area contributed by atoms with Gasteiger partial charge in [0.25, 0.3) is 0 Å². The molecule has 1 aromatic carbocycles. The fraction of sp³-hybridized carbons (Fsp3) is 0.550. The number of hydrogen-bond donors (Lipinski definition) is 2. The summed E-state index contributed by atoms with van der Waals surface area (Å²) in [7, 11) is 0. The molecule has 7 heteroatoms. The molecule has 7 nitrogen and oxygen atoms in total. The predicted octanol–water partition coefficient (Wildman–Crippen LogP) is 4.21. The van der Waals surface area contributed by atoms with Crippen molar-refractivity contribution in [2.24, 2.45) is 4.99 Å². The van der Waals surface area contributed by atoms with Gasteiger partial charge in [-0.2, -0.15) is 0 Å². The molecule has 0 atom stereocenters. The van der Waals surface area contributed by atoms with Gasteiger partial charge in [0.1, 0.15) is 11.2 Å². The minimum Gasteiger partial charge on any atom is -0.444 e. The molecule has 0 aliphatic carbocycles. The molecule has 0 heterocycles. The molecule has 0 aromatic heterocycles. The number of carbonyl (C=O) groups is 2. The van der Waals surface area contributed by atoms with Gasteiger partial charge in [-0.1, -0.05) is 18.2 Å². The maximum Gasteiger partial charge on any atom is 0.414 e. The largest absolute Gasteiger partial charge is 0.444 e. The number of rotatable bonds is 2. The van der Waals surface area contributed by atoms with Gasteiger partial charge in [-0.15, -0.1) is 0 Å². The highest BCUT2D eigenvalue weighted by Gasteiger charge is 2.21. The number of aliphatic imine (C=N–C) groups is 1. The standard InChI is InChI=1S/C20H31N3O4/c1-13-10-9-11-14(2)15(13)12-21-16(22-17(24)26-19(3,4)5)23-18(25)27-20(6,7)8/h9-11H,12H2,1-8H3,(H2,21,22,23,24,25). The van der Waals surface area contributed by atoms with E-state index in [1.54, 1.807) is 41.5 Å². The second-order valence-electron chi connectivity index (χ2n) is 8.29. The molecular weight excluding hydrogens is 346 g/mol. The molecule has 150 valence electrons. The van der Waals surface area contributed by atoms with E-state index in [-0.39, 0.29) is 5.96 Å². The summed E-state index contributed by atoms with van der Waals surface area (Å²) in [5, 5.41) is 4.95. The lowest BCUT2D eigenvalue weighted by Gasteiger charge is -2.22. The third kappa shape index (κ3) is 9.08. The Morgan fingerprint density at radius 2 is 1.30 bits per heavy atom. The van der Waals surface area contributed by atoms with E-state index in [9.17, 15) is 9.59 Å². The van der Waals surface area contributed by atoms with E-state index in [0.29, 0.717) is 6.54 Å². The van der Waals surface area contributed by atoms with E-state index < -0.39 is 23.4 Å². The van der Waals surface area contributed by atoms with Gasteiger partial charge in [-0.25, -0.2) is 14.6 Å². The number of nitrogens with one attached hydrogen (secondary N) is 2. The van der Waals surface area contributed by atoms with E-state index in [4.69, 9.17) is 9.47 Å². The van der Waals surface area contributed by atoms with Crippen molar-refractivity contribution >= 4 is 18.1 Å². The van der Waals surface area contributed by atoms with Crippen LogP contribution in [0, 0.1) is 13.8 Å². The normalized spacial score (nSPS) is 11.4. The van der Waals surface area contributed by atoms with Gasteiger partial charge < -0.3 is 9.47 Å². The third-order valence-electron chi connectivity index (χ3n) is 3.28. The van der Waals surface area contributed by atoms with Crippen molar-refractivity contribution in [3.63, 3.8) is 0 Å². The number of hydrogen-bond acceptors (Lipinski definition) is 5. The quantitative estimate of drug-likeness (QED) is 0.597. The summed E-state index contributed by atoms with van der Waals surface area (Å²) < 4.78 is 10.5. The molecule has 0 aliphatic rings. The molecule has 1 rings (SSSR count). The summed E-state index contributed by atoms with van der Waals surface area (Å²) >= 11 is 0. The van der Waals surface area contributed by atoms with Crippen molar-refractivity contribution < 1.29 is 19.1 Å². The van der Waals surface area contributed by atoms with Crippen LogP contribution in [0.1, 0.15) is 58.2 Å². The topological polar surface area (TPSA) is 89.0 Å². The van der Waals surface area contributed by atoms with Crippen LogP contribution in [0.15, 0.2) is 23.2 Å². The summed E-state index contributed by atoms with van der Waals surface area (Å²) in [5.41, 5.74) is 1.83. The monoisotopic (exact) mass is 377 g/mol. The summed E-state index contributed by atoms with van der Waals surface area (Å²) in [6, 6.07) is 5.94. The molecule has 1 aromatic rings. The lowest BCUT2D eigenvalue weighted by molar-refractivity contribution is 0.0545. The van der Waals surface area contributed by atoms with Crippen molar-refractivity contribution in [3.05, 3.63) is 34.9 Å². The Labute approximate surface area is 161 Å². The van der Waals surface area contributed by atoms with Gasteiger partial charge in [-0.3, -0.25) is 10.6 Å². The lowest BCUT2D eigenvalue weighted by Crippen LogP contribution is -2.47. The van der Waals surface area contributed by atoms with Gasteiger partial charge in [0.2, 0.25) is 5.96 Å². The number of benzene rings is 1. The highest BCUT2D eigenvalue weighted by atomic mass is 16.6. The van der Waals surface area contributed by atoms with Crippen LogP contribution in [-0.4, -0.2) is 29.3 Å². The van der Waals surface area contributed by atoms with E-state index in [1.807, 2.05) is 32.0 Å². The Balaban J connectivity index is 2.98. The first-order valence-electron chi connectivity index (χ1n) is 8.86. The second-order valence-corrected chi connectivity index (χ2v) is 8.29. The molecule has 0 radical (unpaired) electrons. The van der Waals surface area contributed by atoms with Crippen molar-refractivity contribution in [3.8, 4) is 0 Å². The summed E-state index contributed by atoms with van der Waals surface area (Å²) in [4.78, 5) is 28.5. The fourth-order valence-electron chi connectivity index (χ4n) is 2.17. The molecule has 0 fully saturated rings. The first-order chi connectivity index (χ1) is 12.3. The second kappa shape index (κ2) is 8.88. The van der Waals surface area contributed by atoms with Crippen LogP contribution < -0.4 is 10.6 Å². The number of ether oxygens (including phenoxy) is 2. The number of aryl methyl sites for hydroxylation is 2. The number of alkyl carbamates (subject to hydrolysis) is 2. The molecule has 0 saturated carbocycles. The first-order valence-corrected chi connectivity index (χ1v) is 8.86. The summed E-state index contributed by atoms with van der Waals surface area (Å²) in [6.45, 7) is 14.8. The molecule has 0 aliphatic heterocycles. The zero-order valence-electron chi connectivity index (χ0n) is 17.5. The Morgan fingerprint density at radius 3 is 1.67 bits per heavy atom. The van der Waals surface area contributed by atoms with Crippen molar-refractivity contribution in [2.75, 3.05) is 0 Å². The maximum atomic E-state index is 12.1. The van der Waals surface area contributed by atoms with Crippen LogP contribution in [0.25, 0.3) is 0 Å². The van der Waals surface area contributed by atoms with Crippen LogP contribution >= 0.6 is 0 Å². The average Bonchev–Trinajstić information content (AvgIpc) is 2.42. The predicted molar refractivity (Wildman–Crippen MR) is 106 cm³/mol. The Hall–Kier alpha value is -2.57. The van der Waals surface area contributed by atoms with Gasteiger partial charge in [-0.05, 0) is 72.1 Å². The SMILES string of the molecule is Cc1cccc(C)c1CN=C(NC(=O)OC(C)(C)C)NC(=O)OC(C)(C)C. The molecule has 0 saturated heterocycles. The molecule has 2 N–H and O–H groups in total. The van der Waals surface area contributed by atoms with Crippen molar-refractivity contribution in [2.45, 2.75) is 73.1 Å². The number of amides is 2. The van der Waals surface area contributed by atoms with E-state index in [0.717, 1.165) is 16.7 Å². The van der Waals surface area contributed by atoms with E-state index >= 15 is 0 Å². The van der Waals surface area contributed by atoms with Crippen LogP contribution in [-0.2, 0) is 16.0 Å². The Bertz CT molecular complexity index is 661. The zero-order valence-corrected chi connectivity index (χ0v) is 17.5. The average molecular weight is 377 g/mol. The van der Waals surface area contributed by atoms with Crippen LogP contribution in [0.3, 0.4) is 0 Å². The number of carbonyl (C=O) groups excluding carboxylic acids is 2. The first kappa shape index (κ1) is 22.5. The highest BCUT2D eigenvalue weighted by Crippen LogP contribution is 2.14. The molecule has 2 amide bonds. The minimum atomic E-state index is -0.709.